The summed E-state index contributed by atoms with van der Waals surface area (Å²) in [4.78, 5) is 0. The number of rotatable bonds is 5. The Bertz CT molecular complexity index is 572. The van der Waals surface area contributed by atoms with Crippen LogP contribution in [0.1, 0.15) is 49.4 Å². The molecular weight excluding hydrogens is 329 g/mol. The van der Waals surface area contributed by atoms with E-state index in [0.717, 1.165) is 22.1 Å². The highest BCUT2D eigenvalue weighted by Gasteiger charge is 2.14. The Balaban J connectivity index is 2.38. The van der Waals surface area contributed by atoms with Gasteiger partial charge in [-0.15, -0.1) is 0 Å². The van der Waals surface area contributed by atoms with Gasteiger partial charge in [-0.05, 0) is 47.4 Å². The third-order valence-corrected chi connectivity index (χ3v) is 4.02. The number of hydrogen-bond acceptors (Lipinski definition) is 1. The molecule has 2 aromatic rings. The van der Waals surface area contributed by atoms with Crippen LogP contribution in [0, 0.1) is 5.82 Å². The fraction of sp³-hybridized carbons (Fsp3) is 0.333. The molecule has 112 valence electrons. The van der Waals surface area contributed by atoms with Gasteiger partial charge >= 0.3 is 0 Å². The zero-order valence-electron chi connectivity index (χ0n) is 12.7. The maximum atomic E-state index is 13.7. The predicted octanol–water partition coefficient (Wildman–Crippen LogP) is 5.41. The lowest BCUT2D eigenvalue weighted by Crippen LogP contribution is -2.22. The van der Waals surface area contributed by atoms with Crippen LogP contribution in [0.25, 0.3) is 0 Å². The van der Waals surface area contributed by atoms with Crippen LogP contribution in [0.15, 0.2) is 46.9 Å². The first-order chi connectivity index (χ1) is 10.0. The first kappa shape index (κ1) is 16.2. The third kappa shape index (κ3) is 4.14. The first-order valence-corrected chi connectivity index (χ1v) is 8.09. The molecule has 2 rings (SSSR count). The Morgan fingerprint density at radius 3 is 2.14 bits per heavy atom. The van der Waals surface area contributed by atoms with Crippen LogP contribution in [0.5, 0.6) is 0 Å². The molecule has 0 amide bonds. The topological polar surface area (TPSA) is 12.0 Å². The second-order valence-electron chi connectivity index (χ2n) is 5.51. The number of halogens is 2. The largest absolute Gasteiger partial charge is 0.307 e. The highest BCUT2D eigenvalue weighted by atomic mass is 79.9. The lowest BCUT2D eigenvalue weighted by Gasteiger charge is -2.20. The molecule has 1 unspecified atom stereocenters. The molecule has 0 aliphatic heterocycles. The molecule has 21 heavy (non-hydrogen) atoms. The van der Waals surface area contributed by atoms with Gasteiger partial charge in [-0.2, -0.15) is 0 Å². The van der Waals surface area contributed by atoms with Gasteiger partial charge in [-0.3, -0.25) is 0 Å². The van der Waals surface area contributed by atoms with Crippen molar-refractivity contribution < 1.29 is 4.39 Å². The monoisotopic (exact) mass is 349 g/mol. The van der Waals surface area contributed by atoms with Crippen LogP contribution in [0.3, 0.4) is 0 Å². The minimum Gasteiger partial charge on any atom is -0.307 e. The summed E-state index contributed by atoms with van der Waals surface area (Å²) in [5.41, 5.74) is 3.40. The molecule has 0 radical (unpaired) electrons. The summed E-state index contributed by atoms with van der Waals surface area (Å²) in [7, 11) is 0. The molecule has 0 aliphatic carbocycles. The van der Waals surface area contributed by atoms with Crippen molar-refractivity contribution >= 4 is 15.9 Å². The highest BCUT2D eigenvalue weighted by Crippen LogP contribution is 2.27. The lowest BCUT2D eigenvalue weighted by molar-refractivity contribution is 0.602. The quantitative estimate of drug-likeness (QED) is 0.760. The van der Waals surface area contributed by atoms with E-state index < -0.39 is 0 Å². The van der Waals surface area contributed by atoms with Crippen LogP contribution in [0.2, 0.25) is 0 Å². The summed E-state index contributed by atoms with van der Waals surface area (Å²) in [5, 5.41) is 3.43. The van der Waals surface area contributed by atoms with E-state index >= 15 is 0 Å². The molecule has 0 fully saturated rings. The molecule has 0 spiro atoms. The standard InChI is InChI=1S/C18H21BrFN/c1-4-21-18(15-9-16(19)11-17(20)10-15)14-7-5-13(6-8-14)12(2)3/h5-12,18,21H,4H2,1-3H3. The molecule has 0 aliphatic rings. The first-order valence-electron chi connectivity index (χ1n) is 7.30. The Kier molecular flexibility index (Phi) is 5.54. The van der Waals surface area contributed by atoms with Crippen LogP contribution < -0.4 is 5.32 Å². The van der Waals surface area contributed by atoms with E-state index in [1.807, 2.05) is 6.07 Å². The van der Waals surface area contributed by atoms with Crippen molar-refractivity contribution in [3.63, 3.8) is 0 Å². The van der Waals surface area contributed by atoms with Gasteiger partial charge in [0, 0.05) is 4.47 Å². The molecule has 3 heteroatoms. The van der Waals surface area contributed by atoms with Gasteiger partial charge in [-0.25, -0.2) is 4.39 Å². The maximum absolute atomic E-state index is 13.7. The summed E-state index contributed by atoms with van der Waals surface area (Å²) in [5.74, 6) is 0.293. The summed E-state index contributed by atoms with van der Waals surface area (Å²) >= 11 is 3.37. The Morgan fingerprint density at radius 1 is 1.00 bits per heavy atom. The molecular formula is C18H21BrFN. The van der Waals surface area contributed by atoms with E-state index in [-0.39, 0.29) is 11.9 Å². The van der Waals surface area contributed by atoms with Crippen molar-refractivity contribution in [2.75, 3.05) is 6.54 Å². The van der Waals surface area contributed by atoms with Crippen molar-refractivity contribution in [1.82, 2.24) is 5.32 Å². The van der Waals surface area contributed by atoms with E-state index in [0.29, 0.717) is 5.92 Å². The second kappa shape index (κ2) is 7.19. The van der Waals surface area contributed by atoms with Gasteiger partial charge < -0.3 is 5.32 Å². The van der Waals surface area contributed by atoms with Gasteiger partial charge in [0.2, 0.25) is 0 Å². The van der Waals surface area contributed by atoms with E-state index in [9.17, 15) is 4.39 Å². The van der Waals surface area contributed by atoms with Crippen molar-refractivity contribution in [3.05, 3.63) is 69.4 Å². The third-order valence-electron chi connectivity index (χ3n) is 3.56. The zero-order valence-corrected chi connectivity index (χ0v) is 14.2. The molecule has 0 saturated heterocycles. The Hall–Kier alpha value is -1.19. The number of nitrogens with one attached hydrogen (secondary N) is 1. The summed E-state index contributed by atoms with van der Waals surface area (Å²) in [6, 6.07) is 13.6. The van der Waals surface area contributed by atoms with Gasteiger partial charge in [0.1, 0.15) is 5.82 Å². The summed E-state index contributed by atoms with van der Waals surface area (Å²) < 4.78 is 14.4. The molecule has 1 atom stereocenters. The van der Waals surface area contributed by atoms with Crippen molar-refractivity contribution in [1.29, 1.82) is 0 Å². The van der Waals surface area contributed by atoms with E-state index in [4.69, 9.17) is 0 Å². The molecule has 0 heterocycles. The van der Waals surface area contributed by atoms with Gasteiger partial charge in [0.05, 0.1) is 6.04 Å². The van der Waals surface area contributed by atoms with E-state index in [2.05, 4.69) is 66.3 Å². The van der Waals surface area contributed by atoms with Gasteiger partial charge in [0.25, 0.3) is 0 Å². The fourth-order valence-corrected chi connectivity index (χ4v) is 2.93. The van der Waals surface area contributed by atoms with Crippen LogP contribution >= 0.6 is 15.9 Å². The Morgan fingerprint density at radius 2 is 1.62 bits per heavy atom. The smallest absolute Gasteiger partial charge is 0.124 e. The minimum atomic E-state index is -0.221. The SMILES string of the molecule is CCNC(c1ccc(C(C)C)cc1)c1cc(F)cc(Br)c1. The normalized spacial score (nSPS) is 12.7. The van der Waals surface area contributed by atoms with Crippen molar-refractivity contribution in [3.8, 4) is 0 Å². The zero-order chi connectivity index (χ0) is 15.4. The average Bonchev–Trinajstić information content (AvgIpc) is 2.44. The molecule has 0 saturated carbocycles. The van der Waals surface area contributed by atoms with Crippen molar-refractivity contribution in [2.45, 2.75) is 32.7 Å². The van der Waals surface area contributed by atoms with Gasteiger partial charge in [0.15, 0.2) is 0 Å². The van der Waals surface area contributed by atoms with Gasteiger partial charge in [-0.1, -0.05) is 61.0 Å². The predicted molar refractivity (Wildman–Crippen MR) is 90.2 cm³/mol. The Labute approximate surface area is 134 Å². The molecule has 2 aromatic carbocycles. The summed E-state index contributed by atoms with van der Waals surface area (Å²) in [6.07, 6.45) is 0. The maximum Gasteiger partial charge on any atom is 0.124 e. The van der Waals surface area contributed by atoms with Crippen molar-refractivity contribution in [2.24, 2.45) is 0 Å². The van der Waals surface area contributed by atoms with E-state index in [1.54, 1.807) is 6.07 Å². The van der Waals surface area contributed by atoms with Crippen LogP contribution in [-0.4, -0.2) is 6.54 Å². The van der Waals surface area contributed by atoms with Crippen LogP contribution in [-0.2, 0) is 0 Å². The molecule has 0 bridgehead atoms. The fourth-order valence-electron chi connectivity index (χ4n) is 2.45. The summed E-state index contributed by atoms with van der Waals surface area (Å²) in [6.45, 7) is 7.25. The second-order valence-corrected chi connectivity index (χ2v) is 6.43. The lowest BCUT2D eigenvalue weighted by atomic mass is 9.95. The minimum absolute atomic E-state index is 0.00297. The molecule has 1 N–H and O–H groups in total. The van der Waals surface area contributed by atoms with Crippen LogP contribution in [0.4, 0.5) is 4.39 Å². The number of benzene rings is 2. The highest BCUT2D eigenvalue weighted by molar-refractivity contribution is 9.10. The van der Waals surface area contributed by atoms with E-state index in [1.165, 1.54) is 11.6 Å². The molecule has 0 aromatic heterocycles. The number of hydrogen-bond donors (Lipinski definition) is 1. The average molecular weight is 350 g/mol. The molecule has 1 nitrogen and oxygen atoms in total.